The van der Waals surface area contributed by atoms with Gasteiger partial charge in [0.2, 0.25) is 0 Å². The molecule has 0 radical (unpaired) electrons. The van der Waals surface area contributed by atoms with Gasteiger partial charge in [-0.1, -0.05) is 19.4 Å². The van der Waals surface area contributed by atoms with Crippen molar-refractivity contribution in [2.24, 2.45) is 5.92 Å². The van der Waals surface area contributed by atoms with E-state index in [0.29, 0.717) is 11.1 Å². The molecule has 0 aliphatic rings. The fourth-order valence-corrected chi connectivity index (χ4v) is 3.50. The molecule has 120 valence electrons. The van der Waals surface area contributed by atoms with Crippen LogP contribution in [0.4, 0.5) is 0 Å². The fourth-order valence-electron chi connectivity index (χ4n) is 2.56. The first-order valence-electron chi connectivity index (χ1n) is 7.03. The topological polar surface area (TPSA) is 74.6 Å². The zero-order valence-electron chi connectivity index (χ0n) is 13.8. The molecule has 0 spiro atoms. The molecule has 0 saturated carbocycles. The van der Waals surface area contributed by atoms with Gasteiger partial charge >= 0.3 is 11.9 Å². The number of aliphatic carboxylic acids is 2. The number of aryl methyl sites for hydroxylation is 2. The Labute approximate surface area is 134 Å². The van der Waals surface area contributed by atoms with E-state index in [0.717, 1.165) is 15.3 Å². The lowest BCUT2D eigenvalue weighted by molar-refractivity contribution is -0.136. The van der Waals surface area contributed by atoms with E-state index in [4.69, 9.17) is 0 Å². The molecule has 2 N–H and O–H groups in total. The Morgan fingerprint density at radius 1 is 1.05 bits per heavy atom. The minimum atomic E-state index is -1.21. The van der Waals surface area contributed by atoms with Gasteiger partial charge in [-0.2, -0.15) is 0 Å². The van der Waals surface area contributed by atoms with Gasteiger partial charge in [0.05, 0.1) is 11.1 Å². The summed E-state index contributed by atoms with van der Waals surface area (Å²) in [5.74, 6) is -2.52. The molecule has 4 nitrogen and oxygen atoms in total. The quantitative estimate of drug-likeness (QED) is 0.627. The molecule has 0 unspecified atom stereocenters. The second kappa shape index (κ2) is 6.92. The average Bonchev–Trinajstić information content (AvgIpc) is 2.65. The lowest BCUT2D eigenvalue weighted by atomic mass is 9.86. The molecular weight excluding hydrogens is 300 g/mol. The van der Waals surface area contributed by atoms with Crippen LogP contribution in [0.3, 0.4) is 0 Å². The van der Waals surface area contributed by atoms with E-state index in [1.165, 1.54) is 0 Å². The maximum atomic E-state index is 11.8. The van der Waals surface area contributed by atoms with E-state index in [1.807, 2.05) is 33.8 Å². The third kappa shape index (κ3) is 3.65. The van der Waals surface area contributed by atoms with Gasteiger partial charge in [-0.05, 0) is 50.8 Å². The van der Waals surface area contributed by atoms with Crippen LogP contribution in [0.5, 0.6) is 0 Å². The molecule has 0 aliphatic carbocycles. The van der Waals surface area contributed by atoms with Crippen molar-refractivity contribution in [3.63, 3.8) is 0 Å². The van der Waals surface area contributed by atoms with Crippen molar-refractivity contribution in [2.75, 3.05) is 0 Å². The summed E-state index contributed by atoms with van der Waals surface area (Å²) in [4.78, 5) is 25.5. The van der Waals surface area contributed by atoms with Gasteiger partial charge in [-0.25, -0.2) is 9.59 Å². The molecule has 0 aliphatic heterocycles. The maximum Gasteiger partial charge on any atom is 0.336 e. The standard InChI is InChI=1S/C17H22O4S/c1-8(2)13(12-7-10(5)22-11(12)6)15(17(20)21)14(9(3)4)16(18)19/h7-8H,1-6H3,(H,18,19)(H,20,21)/b15-13+. The molecule has 1 aromatic rings. The largest absolute Gasteiger partial charge is 0.478 e. The molecule has 0 fully saturated rings. The molecule has 1 rings (SSSR count). The predicted octanol–water partition coefficient (Wildman–Crippen LogP) is 4.28. The molecule has 0 aromatic carbocycles. The average molecular weight is 322 g/mol. The van der Waals surface area contributed by atoms with E-state index in [9.17, 15) is 19.8 Å². The Kier molecular flexibility index (Phi) is 5.72. The van der Waals surface area contributed by atoms with E-state index < -0.39 is 11.9 Å². The summed E-state index contributed by atoms with van der Waals surface area (Å²) in [7, 11) is 0. The lowest BCUT2D eigenvalue weighted by Crippen LogP contribution is -2.16. The summed E-state index contributed by atoms with van der Waals surface area (Å²) in [6.07, 6.45) is 0. The van der Waals surface area contributed by atoms with Crippen LogP contribution in [0, 0.1) is 19.8 Å². The van der Waals surface area contributed by atoms with Crippen LogP contribution >= 0.6 is 11.3 Å². The van der Waals surface area contributed by atoms with Crippen molar-refractivity contribution in [1.82, 2.24) is 0 Å². The zero-order chi connectivity index (χ0) is 17.2. The van der Waals surface area contributed by atoms with Gasteiger partial charge in [0.1, 0.15) is 0 Å². The van der Waals surface area contributed by atoms with Gasteiger partial charge in [-0.3, -0.25) is 0 Å². The van der Waals surface area contributed by atoms with Crippen molar-refractivity contribution in [2.45, 2.75) is 41.5 Å². The first-order valence-corrected chi connectivity index (χ1v) is 7.85. The second-order valence-electron chi connectivity index (χ2n) is 5.76. The van der Waals surface area contributed by atoms with Crippen LogP contribution in [0.15, 0.2) is 22.8 Å². The SMILES string of the molecule is CC(C)=C(C(=O)O)/C(C(=O)O)=C(\c1cc(C)sc1C)C(C)C. The number of carboxylic acid groups (broad SMARTS) is 2. The molecule has 0 amide bonds. The minimum Gasteiger partial charge on any atom is -0.478 e. The molecule has 0 bridgehead atoms. The zero-order valence-corrected chi connectivity index (χ0v) is 14.6. The molecular formula is C17H22O4S. The highest BCUT2D eigenvalue weighted by Crippen LogP contribution is 2.36. The predicted molar refractivity (Wildman–Crippen MR) is 89.2 cm³/mol. The van der Waals surface area contributed by atoms with Gasteiger partial charge in [0.15, 0.2) is 0 Å². The number of rotatable bonds is 5. The van der Waals surface area contributed by atoms with Gasteiger partial charge in [0.25, 0.3) is 0 Å². The Morgan fingerprint density at radius 2 is 1.55 bits per heavy atom. The summed E-state index contributed by atoms with van der Waals surface area (Å²) in [6.45, 7) is 10.9. The molecule has 1 heterocycles. The van der Waals surface area contributed by atoms with Crippen molar-refractivity contribution in [3.8, 4) is 0 Å². The Morgan fingerprint density at radius 3 is 1.82 bits per heavy atom. The lowest BCUT2D eigenvalue weighted by Gasteiger charge is -2.18. The third-order valence-corrected chi connectivity index (χ3v) is 4.32. The highest BCUT2D eigenvalue weighted by atomic mass is 32.1. The first kappa shape index (κ1) is 18.2. The van der Waals surface area contributed by atoms with Crippen LogP contribution < -0.4 is 0 Å². The van der Waals surface area contributed by atoms with Gasteiger partial charge in [0, 0.05) is 9.75 Å². The number of hydrogen-bond donors (Lipinski definition) is 2. The van der Waals surface area contributed by atoms with Crippen molar-refractivity contribution < 1.29 is 19.8 Å². The Hall–Kier alpha value is -1.88. The van der Waals surface area contributed by atoms with E-state index in [1.54, 1.807) is 25.2 Å². The number of carbonyl (C=O) groups is 2. The summed E-state index contributed by atoms with van der Waals surface area (Å²) in [6, 6.07) is 1.93. The van der Waals surface area contributed by atoms with Crippen LogP contribution in [-0.2, 0) is 9.59 Å². The highest BCUT2D eigenvalue weighted by Gasteiger charge is 2.28. The molecule has 0 atom stereocenters. The number of carboxylic acids is 2. The molecule has 1 aromatic heterocycles. The Bertz CT molecular complexity index is 671. The number of hydrogen-bond acceptors (Lipinski definition) is 3. The van der Waals surface area contributed by atoms with E-state index in [2.05, 4.69) is 0 Å². The van der Waals surface area contributed by atoms with Gasteiger partial charge < -0.3 is 10.2 Å². The molecule has 5 heteroatoms. The van der Waals surface area contributed by atoms with E-state index in [-0.39, 0.29) is 17.1 Å². The van der Waals surface area contributed by atoms with Crippen LogP contribution in [0.2, 0.25) is 0 Å². The maximum absolute atomic E-state index is 11.8. The summed E-state index contributed by atoms with van der Waals surface area (Å²) in [5, 5.41) is 19.1. The molecule has 0 saturated heterocycles. The van der Waals surface area contributed by atoms with Crippen LogP contribution in [0.25, 0.3) is 5.57 Å². The fraction of sp³-hybridized carbons (Fsp3) is 0.412. The van der Waals surface area contributed by atoms with E-state index >= 15 is 0 Å². The Balaban J connectivity index is 3.88. The highest BCUT2D eigenvalue weighted by molar-refractivity contribution is 7.12. The van der Waals surface area contributed by atoms with Crippen LogP contribution in [-0.4, -0.2) is 22.2 Å². The summed E-state index contributed by atoms with van der Waals surface area (Å²) < 4.78 is 0. The summed E-state index contributed by atoms with van der Waals surface area (Å²) in [5.41, 5.74) is 1.65. The summed E-state index contributed by atoms with van der Waals surface area (Å²) >= 11 is 1.58. The second-order valence-corrected chi connectivity index (χ2v) is 7.22. The minimum absolute atomic E-state index is 0.104. The third-order valence-electron chi connectivity index (χ3n) is 3.36. The van der Waals surface area contributed by atoms with Crippen LogP contribution in [0.1, 0.15) is 43.0 Å². The van der Waals surface area contributed by atoms with Gasteiger partial charge in [-0.15, -0.1) is 11.3 Å². The first-order chi connectivity index (χ1) is 10.1. The van der Waals surface area contributed by atoms with Crippen molar-refractivity contribution in [3.05, 3.63) is 38.1 Å². The monoisotopic (exact) mass is 322 g/mol. The van der Waals surface area contributed by atoms with Crippen molar-refractivity contribution >= 4 is 28.8 Å². The number of allylic oxidation sites excluding steroid dienone is 2. The molecule has 22 heavy (non-hydrogen) atoms. The number of thiophene rings is 1. The smallest absolute Gasteiger partial charge is 0.336 e. The normalized spacial score (nSPS) is 12.1. The van der Waals surface area contributed by atoms with Crippen molar-refractivity contribution in [1.29, 1.82) is 0 Å².